The van der Waals surface area contributed by atoms with Crippen LogP contribution in [0.4, 0.5) is 33.0 Å². The standard InChI is InChI=1S/C29H35FN6O/c1-20-27(29(37)35-23-9-10-28(33-18-23)32-17-21-7-3-2-4-8-21)16-25(19-31-20)34-24-13-22(30)14-26(15-24)36-11-5-6-12-36/h9-10,13-16,18-19,21,34H,2-8,11-12,17H2,1H3,(H,32,33)(H,35,37). The first-order chi connectivity index (χ1) is 18.0. The Morgan fingerprint density at radius 1 is 0.946 bits per heavy atom. The van der Waals surface area contributed by atoms with Gasteiger partial charge in [-0.3, -0.25) is 9.78 Å². The van der Waals surface area contributed by atoms with Gasteiger partial charge in [0.05, 0.1) is 35.0 Å². The number of halogens is 1. The third kappa shape index (κ3) is 6.56. The summed E-state index contributed by atoms with van der Waals surface area (Å²) in [7, 11) is 0. The molecule has 1 aromatic carbocycles. The molecule has 3 N–H and O–H groups in total. The number of hydrogen-bond donors (Lipinski definition) is 3. The van der Waals surface area contributed by atoms with E-state index in [0.29, 0.717) is 34.2 Å². The van der Waals surface area contributed by atoms with Crippen LogP contribution in [0, 0.1) is 18.7 Å². The van der Waals surface area contributed by atoms with E-state index in [0.717, 1.165) is 44.0 Å². The number of pyridine rings is 2. The van der Waals surface area contributed by atoms with Crippen LogP contribution in [0.15, 0.2) is 48.8 Å². The molecule has 1 aliphatic heterocycles. The monoisotopic (exact) mass is 502 g/mol. The molecule has 1 amide bonds. The summed E-state index contributed by atoms with van der Waals surface area (Å²) in [4.78, 5) is 24.1. The number of hydrogen-bond acceptors (Lipinski definition) is 6. The Bertz CT molecular complexity index is 1220. The lowest BCUT2D eigenvalue weighted by Crippen LogP contribution is -2.18. The first-order valence-corrected chi connectivity index (χ1v) is 13.3. The normalized spacial score (nSPS) is 16.0. The highest BCUT2D eigenvalue weighted by Crippen LogP contribution is 2.28. The van der Waals surface area contributed by atoms with Gasteiger partial charge in [-0.1, -0.05) is 19.3 Å². The van der Waals surface area contributed by atoms with Crippen molar-refractivity contribution in [1.82, 2.24) is 9.97 Å². The molecule has 194 valence electrons. The molecule has 2 fully saturated rings. The summed E-state index contributed by atoms with van der Waals surface area (Å²) in [5, 5.41) is 9.55. The Hall–Kier alpha value is -3.68. The van der Waals surface area contributed by atoms with Crippen LogP contribution < -0.4 is 20.9 Å². The maximum absolute atomic E-state index is 14.3. The molecule has 7 nitrogen and oxygen atoms in total. The number of amides is 1. The van der Waals surface area contributed by atoms with E-state index in [1.54, 1.807) is 31.5 Å². The van der Waals surface area contributed by atoms with Crippen LogP contribution in [-0.4, -0.2) is 35.5 Å². The molecule has 0 unspecified atom stereocenters. The second kappa shape index (κ2) is 11.6. The highest BCUT2D eigenvalue weighted by Gasteiger charge is 2.16. The fraction of sp³-hybridized carbons (Fsp3) is 0.414. The van der Waals surface area contributed by atoms with Gasteiger partial charge in [-0.25, -0.2) is 9.37 Å². The first kappa shape index (κ1) is 25.0. The van der Waals surface area contributed by atoms with E-state index in [1.165, 1.54) is 38.2 Å². The number of nitrogens with zero attached hydrogens (tertiary/aromatic N) is 3. The van der Waals surface area contributed by atoms with Crippen LogP contribution in [-0.2, 0) is 0 Å². The number of nitrogens with one attached hydrogen (secondary N) is 3. The number of carbonyl (C=O) groups excluding carboxylic acids is 1. The van der Waals surface area contributed by atoms with Gasteiger partial charge in [-0.05, 0) is 74.9 Å². The van der Waals surface area contributed by atoms with E-state index in [4.69, 9.17) is 0 Å². The van der Waals surface area contributed by atoms with Gasteiger partial charge in [0.25, 0.3) is 5.91 Å². The average Bonchev–Trinajstić information content (AvgIpc) is 3.45. The predicted octanol–water partition coefficient (Wildman–Crippen LogP) is 6.51. The van der Waals surface area contributed by atoms with Crippen molar-refractivity contribution in [3.8, 4) is 0 Å². The van der Waals surface area contributed by atoms with Crippen molar-refractivity contribution in [3.05, 3.63) is 65.9 Å². The Labute approximate surface area is 217 Å². The summed E-state index contributed by atoms with van der Waals surface area (Å²) >= 11 is 0. The van der Waals surface area contributed by atoms with Crippen molar-refractivity contribution in [2.45, 2.75) is 51.9 Å². The molecule has 37 heavy (non-hydrogen) atoms. The molecule has 1 aliphatic carbocycles. The second-order valence-corrected chi connectivity index (χ2v) is 10.1. The minimum atomic E-state index is -0.297. The minimum absolute atomic E-state index is 0.268. The maximum atomic E-state index is 14.3. The maximum Gasteiger partial charge on any atom is 0.257 e. The topological polar surface area (TPSA) is 82.2 Å². The number of benzene rings is 1. The molecular formula is C29H35FN6O. The van der Waals surface area contributed by atoms with Gasteiger partial charge in [0.2, 0.25) is 0 Å². The molecule has 0 radical (unpaired) electrons. The first-order valence-electron chi connectivity index (χ1n) is 13.3. The van der Waals surface area contributed by atoms with E-state index in [9.17, 15) is 9.18 Å². The Kier molecular flexibility index (Phi) is 7.82. The van der Waals surface area contributed by atoms with Gasteiger partial charge in [0.15, 0.2) is 0 Å². The van der Waals surface area contributed by atoms with Crippen molar-refractivity contribution in [1.29, 1.82) is 0 Å². The lowest BCUT2D eigenvalue weighted by Gasteiger charge is -2.22. The van der Waals surface area contributed by atoms with Gasteiger partial charge in [-0.2, -0.15) is 0 Å². The van der Waals surface area contributed by atoms with Crippen molar-refractivity contribution in [2.75, 3.05) is 40.5 Å². The van der Waals surface area contributed by atoms with Crippen LogP contribution in [0.1, 0.15) is 61.0 Å². The Morgan fingerprint density at radius 2 is 1.73 bits per heavy atom. The molecule has 2 aliphatic rings. The van der Waals surface area contributed by atoms with Gasteiger partial charge in [0.1, 0.15) is 11.6 Å². The molecule has 0 atom stereocenters. The van der Waals surface area contributed by atoms with Crippen molar-refractivity contribution in [2.24, 2.45) is 5.92 Å². The van der Waals surface area contributed by atoms with Crippen molar-refractivity contribution in [3.63, 3.8) is 0 Å². The third-order valence-electron chi connectivity index (χ3n) is 7.29. The van der Waals surface area contributed by atoms with Crippen LogP contribution in [0.25, 0.3) is 0 Å². The zero-order chi connectivity index (χ0) is 25.6. The summed E-state index contributed by atoms with van der Waals surface area (Å²) in [5.41, 5.74) is 3.78. The lowest BCUT2D eigenvalue weighted by atomic mass is 9.89. The van der Waals surface area contributed by atoms with E-state index < -0.39 is 0 Å². The fourth-order valence-corrected chi connectivity index (χ4v) is 5.21. The van der Waals surface area contributed by atoms with Gasteiger partial charge in [-0.15, -0.1) is 0 Å². The van der Waals surface area contributed by atoms with Crippen molar-refractivity contribution < 1.29 is 9.18 Å². The summed E-state index contributed by atoms with van der Waals surface area (Å²) in [5.74, 6) is 0.964. The minimum Gasteiger partial charge on any atom is -0.371 e. The van der Waals surface area contributed by atoms with E-state index in [-0.39, 0.29) is 11.7 Å². The second-order valence-electron chi connectivity index (χ2n) is 10.1. The van der Waals surface area contributed by atoms with E-state index >= 15 is 0 Å². The number of carbonyl (C=O) groups is 1. The summed E-state index contributed by atoms with van der Waals surface area (Å²) in [6.45, 7) is 4.61. The lowest BCUT2D eigenvalue weighted by molar-refractivity contribution is 0.102. The molecule has 0 spiro atoms. The summed E-state index contributed by atoms with van der Waals surface area (Å²) in [6.07, 6.45) is 12.1. The van der Waals surface area contributed by atoms with Crippen LogP contribution in [0.5, 0.6) is 0 Å². The molecule has 1 saturated carbocycles. The van der Waals surface area contributed by atoms with E-state index in [2.05, 4.69) is 30.8 Å². The number of anilines is 5. The molecule has 1 saturated heterocycles. The summed E-state index contributed by atoms with van der Waals surface area (Å²) < 4.78 is 14.3. The van der Waals surface area contributed by atoms with Gasteiger partial charge in [0, 0.05) is 31.0 Å². The molecule has 2 aromatic heterocycles. The Morgan fingerprint density at radius 3 is 2.49 bits per heavy atom. The molecule has 0 bridgehead atoms. The SMILES string of the molecule is Cc1ncc(Nc2cc(F)cc(N3CCCC3)c2)cc1C(=O)Nc1ccc(NCC2CCCCC2)nc1. The van der Waals surface area contributed by atoms with Crippen LogP contribution in [0.2, 0.25) is 0 Å². The number of aryl methyl sites for hydroxylation is 1. The number of aromatic nitrogens is 2. The van der Waals surface area contributed by atoms with Gasteiger partial charge < -0.3 is 20.9 Å². The van der Waals surface area contributed by atoms with Crippen molar-refractivity contribution >= 4 is 34.5 Å². The molecular weight excluding hydrogens is 467 g/mol. The quantitative estimate of drug-likeness (QED) is 0.326. The molecule has 8 heteroatoms. The van der Waals surface area contributed by atoms with Crippen LogP contribution in [0.3, 0.4) is 0 Å². The van der Waals surface area contributed by atoms with Gasteiger partial charge >= 0.3 is 0 Å². The zero-order valence-corrected chi connectivity index (χ0v) is 21.4. The summed E-state index contributed by atoms with van der Waals surface area (Å²) in [6, 6.07) is 10.4. The molecule has 5 rings (SSSR count). The number of rotatable bonds is 8. The average molecular weight is 503 g/mol. The van der Waals surface area contributed by atoms with E-state index in [1.807, 2.05) is 18.2 Å². The predicted molar refractivity (Wildman–Crippen MR) is 147 cm³/mol. The Balaban J connectivity index is 1.22. The zero-order valence-electron chi connectivity index (χ0n) is 21.4. The molecule has 3 heterocycles. The highest BCUT2D eigenvalue weighted by atomic mass is 19.1. The van der Waals surface area contributed by atoms with Crippen LogP contribution >= 0.6 is 0 Å². The fourth-order valence-electron chi connectivity index (χ4n) is 5.21. The third-order valence-corrected chi connectivity index (χ3v) is 7.29. The highest BCUT2D eigenvalue weighted by molar-refractivity contribution is 6.05. The largest absolute Gasteiger partial charge is 0.371 e. The molecule has 3 aromatic rings. The smallest absolute Gasteiger partial charge is 0.257 e.